The first kappa shape index (κ1) is 19.0. The Morgan fingerprint density at radius 1 is 0.963 bits per heavy atom. The van der Waals surface area contributed by atoms with Gasteiger partial charge in [-0.15, -0.1) is 0 Å². The first-order chi connectivity index (χ1) is 13.2. The van der Waals surface area contributed by atoms with Crippen LogP contribution in [-0.4, -0.2) is 5.60 Å². The molecule has 1 aliphatic carbocycles. The monoisotopic (exact) mass is 356 g/mol. The molecular formula is C26H28O. The molecule has 138 valence electrons. The molecule has 27 heavy (non-hydrogen) atoms. The molecule has 0 saturated heterocycles. The predicted molar refractivity (Wildman–Crippen MR) is 116 cm³/mol. The van der Waals surface area contributed by atoms with Crippen molar-refractivity contribution in [1.29, 1.82) is 0 Å². The minimum Gasteiger partial charge on any atom is -0.483 e. The zero-order valence-corrected chi connectivity index (χ0v) is 16.3. The molecule has 0 aromatic heterocycles. The van der Waals surface area contributed by atoms with E-state index >= 15 is 0 Å². The molecule has 3 aromatic rings. The van der Waals surface area contributed by atoms with E-state index in [2.05, 4.69) is 93.2 Å². The van der Waals surface area contributed by atoms with Crippen LogP contribution in [0.1, 0.15) is 30.9 Å². The molecule has 0 spiro atoms. The van der Waals surface area contributed by atoms with E-state index in [1.165, 1.54) is 21.9 Å². The average Bonchev–Trinajstić information content (AvgIpc) is 3.47. The van der Waals surface area contributed by atoms with Crippen LogP contribution in [-0.2, 0) is 6.42 Å². The summed E-state index contributed by atoms with van der Waals surface area (Å²) in [6, 6.07) is 23.2. The maximum absolute atomic E-state index is 5.98. The van der Waals surface area contributed by atoms with Gasteiger partial charge in [-0.2, -0.15) is 0 Å². The first-order valence-electron chi connectivity index (χ1n) is 9.68. The number of ether oxygens (including phenoxy) is 1. The van der Waals surface area contributed by atoms with Crippen LogP contribution in [0.2, 0.25) is 0 Å². The summed E-state index contributed by atoms with van der Waals surface area (Å²) in [4.78, 5) is 0. The standard InChI is InChI=1S/C15H18O.C11H10/c1-3-5-10-15(11-12-15)16-14-8-6-13(4-2)7-9-14;1-9-5-4-7-10-6-2-3-8-11(9)10/h3,5-10H,1,4,11-12H2,2H3;2-8H,1H3/b10-5-;. The van der Waals surface area contributed by atoms with E-state index in [4.69, 9.17) is 4.74 Å². The van der Waals surface area contributed by atoms with Crippen molar-refractivity contribution in [1.82, 2.24) is 0 Å². The molecule has 0 aliphatic heterocycles. The average molecular weight is 357 g/mol. The molecule has 1 nitrogen and oxygen atoms in total. The van der Waals surface area contributed by atoms with Crippen LogP contribution in [0.4, 0.5) is 0 Å². The highest BCUT2D eigenvalue weighted by atomic mass is 16.5. The van der Waals surface area contributed by atoms with Crippen molar-refractivity contribution in [2.45, 2.75) is 38.7 Å². The van der Waals surface area contributed by atoms with Crippen LogP contribution in [0, 0.1) is 6.92 Å². The summed E-state index contributed by atoms with van der Waals surface area (Å²) in [7, 11) is 0. The topological polar surface area (TPSA) is 9.23 Å². The lowest BCUT2D eigenvalue weighted by atomic mass is 10.1. The minimum atomic E-state index is -0.0536. The molecule has 0 N–H and O–H groups in total. The highest BCUT2D eigenvalue weighted by molar-refractivity contribution is 5.85. The van der Waals surface area contributed by atoms with Gasteiger partial charge < -0.3 is 4.74 Å². The normalized spacial score (nSPS) is 14.4. The summed E-state index contributed by atoms with van der Waals surface area (Å²) >= 11 is 0. The van der Waals surface area contributed by atoms with Crippen LogP contribution in [0.15, 0.2) is 91.5 Å². The van der Waals surface area contributed by atoms with Crippen molar-refractivity contribution in [2.24, 2.45) is 0 Å². The van der Waals surface area contributed by atoms with Gasteiger partial charge >= 0.3 is 0 Å². The third kappa shape index (κ3) is 5.10. The fourth-order valence-corrected chi connectivity index (χ4v) is 3.08. The summed E-state index contributed by atoms with van der Waals surface area (Å²) in [5, 5.41) is 2.68. The second-order valence-electron chi connectivity index (χ2n) is 7.06. The third-order valence-electron chi connectivity index (χ3n) is 4.94. The lowest BCUT2D eigenvalue weighted by Gasteiger charge is -2.14. The molecule has 3 aromatic carbocycles. The van der Waals surface area contributed by atoms with Gasteiger partial charge in [0.15, 0.2) is 0 Å². The predicted octanol–water partition coefficient (Wildman–Crippen LogP) is 7.05. The van der Waals surface area contributed by atoms with Crippen molar-refractivity contribution in [2.75, 3.05) is 0 Å². The van der Waals surface area contributed by atoms with E-state index in [1.807, 2.05) is 6.08 Å². The summed E-state index contributed by atoms with van der Waals surface area (Å²) in [6.45, 7) is 7.98. The molecule has 1 aliphatic rings. The molecule has 0 radical (unpaired) electrons. The lowest BCUT2D eigenvalue weighted by Crippen LogP contribution is -2.14. The molecule has 1 heteroatoms. The highest BCUT2D eigenvalue weighted by Gasteiger charge is 2.42. The Labute approximate surface area is 163 Å². The SMILES string of the molecule is C=C/C=C\C1(Oc2ccc(CC)cc2)CC1.Cc1cccc2ccccc12. The van der Waals surface area contributed by atoms with Crippen molar-refractivity contribution in [3.05, 3.63) is 103 Å². The van der Waals surface area contributed by atoms with Gasteiger partial charge in [-0.25, -0.2) is 0 Å². The van der Waals surface area contributed by atoms with Crippen LogP contribution in [0.3, 0.4) is 0 Å². The smallest absolute Gasteiger partial charge is 0.128 e. The number of fused-ring (bicyclic) bond motifs is 1. The van der Waals surface area contributed by atoms with Crippen molar-refractivity contribution in [3.8, 4) is 5.75 Å². The van der Waals surface area contributed by atoms with Gasteiger partial charge in [0.25, 0.3) is 0 Å². The molecule has 0 amide bonds. The molecule has 0 heterocycles. The van der Waals surface area contributed by atoms with Gasteiger partial charge in [0.05, 0.1) is 0 Å². The lowest BCUT2D eigenvalue weighted by molar-refractivity contribution is 0.230. The van der Waals surface area contributed by atoms with Gasteiger partial charge in [-0.1, -0.05) is 80.3 Å². The maximum atomic E-state index is 5.98. The Morgan fingerprint density at radius 2 is 1.67 bits per heavy atom. The number of aryl methyl sites for hydroxylation is 2. The molecule has 0 atom stereocenters. The zero-order valence-electron chi connectivity index (χ0n) is 16.3. The highest BCUT2D eigenvalue weighted by Crippen LogP contribution is 2.41. The van der Waals surface area contributed by atoms with E-state index in [0.717, 1.165) is 25.0 Å². The molecule has 0 unspecified atom stereocenters. The minimum absolute atomic E-state index is 0.0536. The Bertz CT molecular complexity index is 909. The van der Waals surface area contributed by atoms with Crippen LogP contribution in [0.5, 0.6) is 5.75 Å². The Morgan fingerprint density at radius 3 is 2.30 bits per heavy atom. The van der Waals surface area contributed by atoms with E-state index < -0.39 is 0 Å². The Hall–Kier alpha value is -2.80. The largest absolute Gasteiger partial charge is 0.483 e. The van der Waals surface area contributed by atoms with Gasteiger partial charge in [-0.3, -0.25) is 0 Å². The molecular weight excluding hydrogens is 328 g/mol. The summed E-state index contributed by atoms with van der Waals surface area (Å²) < 4.78 is 5.98. The molecule has 4 rings (SSSR count). The molecule has 0 bridgehead atoms. The fraction of sp³-hybridized carbons (Fsp3) is 0.231. The van der Waals surface area contributed by atoms with Crippen molar-refractivity contribution < 1.29 is 4.74 Å². The summed E-state index contributed by atoms with van der Waals surface area (Å²) in [5.74, 6) is 0.961. The quantitative estimate of drug-likeness (QED) is 0.445. The van der Waals surface area contributed by atoms with Crippen molar-refractivity contribution in [3.63, 3.8) is 0 Å². The fourth-order valence-electron chi connectivity index (χ4n) is 3.08. The van der Waals surface area contributed by atoms with Crippen LogP contribution >= 0.6 is 0 Å². The van der Waals surface area contributed by atoms with Gasteiger partial charge in [0, 0.05) is 0 Å². The van der Waals surface area contributed by atoms with Gasteiger partial charge in [0.1, 0.15) is 11.4 Å². The van der Waals surface area contributed by atoms with Gasteiger partial charge in [-0.05, 0) is 66.3 Å². The second kappa shape index (κ2) is 8.73. The number of allylic oxidation sites excluding steroid dienone is 2. The van der Waals surface area contributed by atoms with Crippen molar-refractivity contribution >= 4 is 10.8 Å². The zero-order chi connectivity index (χ0) is 19.1. The van der Waals surface area contributed by atoms with Gasteiger partial charge in [0.2, 0.25) is 0 Å². The summed E-state index contributed by atoms with van der Waals surface area (Å²) in [6.07, 6.45) is 9.15. The number of hydrogen-bond acceptors (Lipinski definition) is 1. The molecule has 1 saturated carbocycles. The van der Waals surface area contributed by atoms with E-state index in [0.29, 0.717) is 0 Å². The number of rotatable bonds is 5. The number of benzene rings is 3. The first-order valence-corrected chi connectivity index (χ1v) is 9.68. The third-order valence-corrected chi connectivity index (χ3v) is 4.94. The van der Waals surface area contributed by atoms with E-state index in [1.54, 1.807) is 6.08 Å². The van der Waals surface area contributed by atoms with Crippen LogP contribution < -0.4 is 4.74 Å². The van der Waals surface area contributed by atoms with E-state index in [9.17, 15) is 0 Å². The van der Waals surface area contributed by atoms with E-state index in [-0.39, 0.29) is 5.60 Å². The number of hydrogen-bond donors (Lipinski definition) is 0. The second-order valence-corrected chi connectivity index (χ2v) is 7.06. The Balaban J connectivity index is 0.000000166. The Kier molecular flexibility index (Phi) is 6.13. The summed E-state index contributed by atoms with van der Waals surface area (Å²) in [5.41, 5.74) is 2.64. The maximum Gasteiger partial charge on any atom is 0.128 e. The van der Waals surface area contributed by atoms with Crippen LogP contribution in [0.25, 0.3) is 10.8 Å². The molecule has 1 fully saturated rings.